The van der Waals surface area contributed by atoms with Gasteiger partial charge in [-0.15, -0.1) is 0 Å². The number of hydrogen-bond acceptors (Lipinski definition) is 8. The summed E-state index contributed by atoms with van der Waals surface area (Å²) in [6.45, 7) is 2.08. The van der Waals surface area contributed by atoms with Gasteiger partial charge in [0.25, 0.3) is 0 Å². The van der Waals surface area contributed by atoms with E-state index in [2.05, 4.69) is 30.0 Å². The summed E-state index contributed by atoms with van der Waals surface area (Å²) >= 11 is 0. The van der Waals surface area contributed by atoms with E-state index in [-0.39, 0.29) is 17.3 Å². The number of aromatic amines is 1. The third-order valence-corrected chi connectivity index (χ3v) is 10.3. The number of H-pyrrole nitrogens is 1. The van der Waals surface area contributed by atoms with Crippen LogP contribution in [0.4, 0.5) is 19.0 Å². The summed E-state index contributed by atoms with van der Waals surface area (Å²) in [4.78, 5) is 17.9. The SMILES string of the molecule is O=S1(=O)CC2(CC(N3CCN(c4ccnc(-c5cnc6ccc(C(F)(F)F)cn56)n4)C[C@@H]3c3cn[nH]c3)C2)C1. The summed E-state index contributed by atoms with van der Waals surface area (Å²) in [5.74, 6) is 1.55. The zero-order chi connectivity index (χ0) is 27.0. The average molecular weight is 559 g/mol. The average Bonchev–Trinajstić information content (AvgIpc) is 3.55. The second-order valence-electron chi connectivity index (χ2n) is 10.9. The number of anilines is 1. The van der Waals surface area contributed by atoms with Crippen molar-refractivity contribution in [2.24, 2.45) is 5.41 Å². The van der Waals surface area contributed by atoms with E-state index in [1.807, 2.05) is 12.4 Å². The lowest BCUT2D eigenvalue weighted by Gasteiger charge is -2.58. The van der Waals surface area contributed by atoms with Gasteiger partial charge in [0.05, 0.1) is 35.5 Å². The number of alkyl halides is 3. The number of hydrogen-bond donors (Lipinski definition) is 1. The van der Waals surface area contributed by atoms with E-state index >= 15 is 0 Å². The Bertz CT molecular complexity index is 1630. The number of imidazole rings is 1. The lowest BCUT2D eigenvalue weighted by Crippen LogP contribution is -2.64. The molecule has 1 saturated carbocycles. The summed E-state index contributed by atoms with van der Waals surface area (Å²) in [5.41, 5.74) is 0.957. The van der Waals surface area contributed by atoms with Gasteiger partial charge in [0, 0.05) is 55.2 Å². The van der Waals surface area contributed by atoms with Gasteiger partial charge in [0.2, 0.25) is 0 Å². The fraction of sp³-hybridized carbons (Fsp3) is 0.440. The Kier molecular flexibility index (Phi) is 5.34. The van der Waals surface area contributed by atoms with Crippen LogP contribution < -0.4 is 4.90 Å². The van der Waals surface area contributed by atoms with Crippen molar-refractivity contribution in [3.8, 4) is 11.5 Å². The molecule has 4 aromatic heterocycles. The number of piperazine rings is 1. The molecule has 14 heteroatoms. The Morgan fingerprint density at radius 1 is 1.05 bits per heavy atom. The van der Waals surface area contributed by atoms with Crippen LogP contribution in [-0.4, -0.2) is 80.0 Å². The maximum atomic E-state index is 13.3. The van der Waals surface area contributed by atoms with Crippen LogP contribution in [0.1, 0.15) is 30.0 Å². The van der Waals surface area contributed by atoms with E-state index in [1.54, 1.807) is 12.3 Å². The Morgan fingerprint density at radius 2 is 1.87 bits per heavy atom. The standard InChI is InChI=1S/C25H25F3N8O2S/c26-25(27,28)17-1-2-21-30-11-19(36(21)12-17)23-29-4-3-22(33-23)34-5-6-35(20(13-34)16-9-31-32-10-16)18-7-24(8-18)14-39(37,38)15-24/h1-4,9-12,18,20H,5-8,13-15H2,(H,31,32)/t20-/m1/s1. The number of nitrogens with one attached hydrogen (secondary N) is 1. The molecule has 39 heavy (non-hydrogen) atoms. The van der Waals surface area contributed by atoms with E-state index in [1.165, 1.54) is 16.7 Å². The van der Waals surface area contributed by atoms with Crippen LogP contribution in [0.5, 0.6) is 0 Å². The monoisotopic (exact) mass is 558 g/mol. The first-order valence-corrected chi connectivity index (χ1v) is 14.5. The van der Waals surface area contributed by atoms with Crippen LogP contribution in [0.25, 0.3) is 17.2 Å². The first-order valence-electron chi connectivity index (χ1n) is 12.7. The quantitative estimate of drug-likeness (QED) is 0.407. The van der Waals surface area contributed by atoms with Crippen LogP contribution in [0.2, 0.25) is 0 Å². The molecule has 2 aliphatic heterocycles. The molecule has 7 rings (SSSR count). The molecule has 3 aliphatic rings. The van der Waals surface area contributed by atoms with Gasteiger partial charge in [-0.2, -0.15) is 18.3 Å². The van der Waals surface area contributed by atoms with E-state index in [0.29, 0.717) is 47.8 Å². The molecule has 10 nitrogen and oxygen atoms in total. The molecule has 1 atom stereocenters. The maximum Gasteiger partial charge on any atom is 0.417 e. The lowest BCUT2D eigenvalue weighted by molar-refractivity contribution is -0.137. The second kappa shape index (κ2) is 8.49. The second-order valence-corrected chi connectivity index (χ2v) is 12.9. The number of sulfone groups is 1. The fourth-order valence-electron chi connectivity index (χ4n) is 6.45. The fourth-order valence-corrected chi connectivity index (χ4v) is 8.70. The molecule has 0 amide bonds. The Morgan fingerprint density at radius 3 is 2.59 bits per heavy atom. The molecule has 6 heterocycles. The molecule has 204 valence electrons. The largest absolute Gasteiger partial charge is 0.417 e. The van der Waals surface area contributed by atoms with E-state index in [0.717, 1.165) is 37.2 Å². The third kappa shape index (κ3) is 4.25. The van der Waals surface area contributed by atoms with Crippen LogP contribution >= 0.6 is 0 Å². The van der Waals surface area contributed by atoms with Gasteiger partial charge in [-0.3, -0.25) is 14.4 Å². The first-order chi connectivity index (χ1) is 18.6. The first kappa shape index (κ1) is 24.5. The van der Waals surface area contributed by atoms with Crippen molar-refractivity contribution in [2.45, 2.75) is 31.1 Å². The minimum atomic E-state index is -4.48. The van der Waals surface area contributed by atoms with Gasteiger partial charge in [0.1, 0.15) is 17.2 Å². The van der Waals surface area contributed by atoms with Crippen LogP contribution in [0.3, 0.4) is 0 Å². The van der Waals surface area contributed by atoms with Crippen molar-refractivity contribution in [1.29, 1.82) is 0 Å². The molecular weight excluding hydrogens is 533 g/mol. The molecule has 0 aromatic carbocycles. The number of fused-ring (bicyclic) bond motifs is 1. The molecule has 1 N–H and O–H groups in total. The van der Waals surface area contributed by atoms with Crippen LogP contribution in [-0.2, 0) is 16.0 Å². The minimum Gasteiger partial charge on any atom is -0.353 e. The minimum absolute atomic E-state index is 0.0279. The highest BCUT2D eigenvalue weighted by molar-refractivity contribution is 7.92. The predicted octanol–water partition coefficient (Wildman–Crippen LogP) is 2.97. The van der Waals surface area contributed by atoms with Crippen molar-refractivity contribution < 1.29 is 21.6 Å². The Balaban J connectivity index is 1.15. The van der Waals surface area contributed by atoms with Gasteiger partial charge in [-0.05, 0) is 31.0 Å². The number of aromatic nitrogens is 6. The highest BCUT2D eigenvalue weighted by Gasteiger charge is 2.58. The lowest BCUT2D eigenvalue weighted by atomic mass is 9.66. The smallest absolute Gasteiger partial charge is 0.353 e. The number of nitrogens with zero attached hydrogens (tertiary/aromatic N) is 7. The summed E-state index contributed by atoms with van der Waals surface area (Å²) in [7, 11) is -2.87. The van der Waals surface area contributed by atoms with Crippen molar-refractivity contribution >= 4 is 21.3 Å². The van der Waals surface area contributed by atoms with E-state index in [4.69, 9.17) is 4.98 Å². The third-order valence-electron chi connectivity index (χ3n) is 8.21. The molecule has 0 unspecified atom stereocenters. The zero-order valence-electron chi connectivity index (χ0n) is 20.7. The molecule has 1 spiro atoms. The molecule has 0 bridgehead atoms. The summed E-state index contributed by atoms with van der Waals surface area (Å²) in [5, 5.41) is 7.04. The molecule has 0 radical (unpaired) electrons. The molecule has 2 saturated heterocycles. The summed E-state index contributed by atoms with van der Waals surface area (Å²) < 4.78 is 64.9. The van der Waals surface area contributed by atoms with Crippen LogP contribution in [0, 0.1) is 5.41 Å². The topological polar surface area (TPSA) is 112 Å². The van der Waals surface area contributed by atoms with Crippen molar-refractivity contribution in [1.82, 2.24) is 34.4 Å². The highest BCUT2D eigenvalue weighted by atomic mass is 32.2. The van der Waals surface area contributed by atoms with Gasteiger partial charge in [-0.25, -0.2) is 23.4 Å². The van der Waals surface area contributed by atoms with Gasteiger partial charge in [-0.1, -0.05) is 0 Å². The number of pyridine rings is 1. The maximum absolute atomic E-state index is 13.3. The Labute approximate surface area is 221 Å². The molecule has 1 aliphatic carbocycles. The van der Waals surface area contributed by atoms with Gasteiger partial charge in [0.15, 0.2) is 15.7 Å². The number of rotatable bonds is 4. The molecular formula is C25H25F3N8O2S. The summed E-state index contributed by atoms with van der Waals surface area (Å²) in [6.07, 6.45) is 5.08. The zero-order valence-corrected chi connectivity index (χ0v) is 21.5. The molecule has 3 fully saturated rings. The van der Waals surface area contributed by atoms with E-state index in [9.17, 15) is 21.6 Å². The number of halogens is 3. The molecule has 4 aromatic rings. The highest BCUT2D eigenvalue weighted by Crippen LogP contribution is 2.53. The van der Waals surface area contributed by atoms with Crippen molar-refractivity contribution in [3.05, 3.63) is 60.3 Å². The van der Waals surface area contributed by atoms with Gasteiger partial charge >= 0.3 is 6.18 Å². The predicted molar refractivity (Wildman–Crippen MR) is 136 cm³/mol. The van der Waals surface area contributed by atoms with E-state index < -0.39 is 21.6 Å². The van der Waals surface area contributed by atoms with Crippen molar-refractivity contribution in [2.75, 3.05) is 36.0 Å². The normalized spacial score (nSPS) is 23.2. The van der Waals surface area contributed by atoms with Gasteiger partial charge < -0.3 is 4.90 Å². The van der Waals surface area contributed by atoms with Crippen molar-refractivity contribution in [3.63, 3.8) is 0 Å². The summed E-state index contributed by atoms with van der Waals surface area (Å²) in [6, 6.07) is 4.47. The Hall–Kier alpha value is -3.52. The van der Waals surface area contributed by atoms with Crippen LogP contribution in [0.15, 0.2) is 49.2 Å².